The van der Waals surface area contributed by atoms with Crippen molar-refractivity contribution in [3.8, 4) is 0 Å². The molecule has 0 heterocycles. The molecule has 21 heavy (non-hydrogen) atoms. The van der Waals surface area contributed by atoms with Crippen LogP contribution in [0.25, 0.3) is 0 Å². The molecule has 3 saturated carbocycles. The SMILES string of the molecule is CCCC1CCC(CN)C(N(C)CC2CC3CCC2C3)C1. The van der Waals surface area contributed by atoms with Gasteiger partial charge in [-0.15, -0.1) is 0 Å². The summed E-state index contributed by atoms with van der Waals surface area (Å²) in [6.07, 6.45) is 13.1. The molecular weight excluding hydrogens is 256 g/mol. The van der Waals surface area contributed by atoms with Gasteiger partial charge in [0, 0.05) is 12.6 Å². The third-order valence-corrected chi connectivity index (χ3v) is 7.04. The zero-order chi connectivity index (χ0) is 14.8. The van der Waals surface area contributed by atoms with Gasteiger partial charge in [0.25, 0.3) is 0 Å². The molecule has 3 aliphatic carbocycles. The molecule has 3 aliphatic rings. The average Bonchev–Trinajstić information content (AvgIpc) is 3.10. The van der Waals surface area contributed by atoms with E-state index in [0.717, 1.165) is 42.2 Å². The van der Waals surface area contributed by atoms with E-state index in [0.29, 0.717) is 0 Å². The van der Waals surface area contributed by atoms with E-state index >= 15 is 0 Å². The lowest BCUT2D eigenvalue weighted by Gasteiger charge is -2.42. The Kier molecular flexibility index (Phi) is 5.27. The Morgan fingerprint density at radius 1 is 1.00 bits per heavy atom. The van der Waals surface area contributed by atoms with Crippen LogP contribution in [0.3, 0.4) is 0 Å². The number of fused-ring (bicyclic) bond motifs is 2. The van der Waals surface area contributed by atoms with Gasteiger partial charge in [0.05, 0.1) is 0 Å². The van der Waals surface area contributed by atoms with E-state index in [-0.39, 0.29) is 0 Å². The summed E-state index contributed by atoms with van der Waals surface area (Å²) < 4.78 is 0. The summed E-state index contributed by atoms with van der Waals surface area (Å²) in [5.41, 5.74) is 6.09. The highest BCUT2D eigenvalue weighted by Crippen LogP contribution is 2.48. The largest absolute Gasteiger partial charge is 0.330 e. The second-order valence-corrected chi connectivity index (χ2v) is 8.41. The van der Waals surface area contributed by atoms with Crippen LogP contribution in [0.1, 0.15) is 64.7 Å². The molecule has 2 nitrogen and oxygen atoms in total. The molecule has 0 aromatic rings. The van der Waals surface area contributed by atoms with Gasteiger partial charge in [0.15, 0.2) is 0 Å². The van der Waals surface area contributed by atoms with E-state index < -0.39 is 0 Å². The van der Waals surface area contributed by atoms with Crippen molar-refractivity contribution < 1.29 is 0 Å². The fourth-order valence-corrected chi connectivity index (χ4v) is 5.88. The Morgan fingerprint density at radius 3 is 2.48 bits per heavy atom. The molecule has 0 spiro atoms. The van der Waals surface area contributed by atoms with Gasteiger partial charge in [-0.25, -0.2) is 0 Å². The maximum atomic E-state index is 6.09. The van der Waals surface area contributed by atoms with Crippen LogP contribution in [0, 0.1) is 29.6 Å². The number of hydrogen-bond acceptors (Lipinski definition) is 2. The lowest BCUT2D eigenvalue weighted by atomic mass is 9.75. The van der Waals surface area contributed by atoms with Gasteiger partial charge in [0.1, 0.15) is 0 Å². The van der Waals surface area contributed by atoms with Crippen molar-refractivity contribution in [1.29, 1.82) is 0 Å². The normalized spacial score (nSPS) is 42.9. The standard InChI is InChI=1S/C19H36N2/c1-3-4-14-5-8-17(12-20)19(11-14)21(2)13-18-10-15-6-7-16(18)9-15/h14-19H,3-13,20H2,1-2H3. The fraction of sp³-hybridized carbons (Fsp3) is 1.00. The van der Waals surface area contributed by atoms with Crippen molar-refractivity contribution in [3.63, 3.8) is 0 Å². The number of nitrogens with two attached hydrogens (primary N) is 1. The molecule has 2 heteroatoms. The third kappa shape index (κ3) is 3.47. The zero-order valence-electron chi connectivity index (χ0n) is 14.3. The second kappa shape index (κ2) is 7.00. The molecule has 0 aliphatic heterocycles. The van der Waals surface area contributed by atoms with Crippen LogP contribution in [0.4, 0.5) is 0 Å². The summed E-state index contributed by atoms with van der Waals surface area (Å²) in [4.78, 5) is 2.73. The lowest BCUT2D eigenvalue weighted by Crippen LogP contribution is -2.47. The van der Waals surface area contributed by atoms with Crippen molar-refractivity contribution in [2.24, 2.45) is 35.3 Å². The van der Waals surface area contributed by atoms with Crippen LogP contribution < -0.4 is 5.73 Å². The van der Waals surface area contributed by atoms with Crippen LogP contribution in [-0.2, 0) is 0 Å². The highest BCUT2D eigenvalue weighted by Gasteiger charge is 2.41. The first kappa shape index (κ1) is 15.8. The first-order valence-electron chi connectivity index (χ1n) is 9.61. The molecule has 0 aromatic heterocycles. The highest BCUT2D eigenvalue weighted by atomic mass is 15.1. The van der Waals surface area contributed by atoms with Crippen molar-refractivity contribution in [2.45, 2.75) is 70.8 Å². The van der Waals surface area contributed by atoms with E-state index in [1.165, 1.54) is 57.9 Å². The van der Waals surface area contributed by atoms with E-state index in [9.17, 15) is 0 Å². The lowest BCUT2D eigenvalue weighted by molar-refractivity contribution is 0.0780. The first-order valence-corrected chi connectivity index (χ1v) is 9.61. The predicted octanol–water partition coefficient (Wildman–Crippen LogP) is 3.90. The Balaban J connectivity index is 1.56. The summed E-state index contributed by atoms with van der Waals surface area (Å²) in [5.74, 6) is 4.85. The van der Waals surface area contributed by atoms with E-state index in [1.54, 1.807) is 6.42 Å². The Morgan fingerprint density at radius 2 is 1.86 bits per heavy atom. The van der Waals surface area contributed by atoms with Crippen molar-refractivity contribution in [2.75, 3.05) is 20.1 Å². The maximum absolute atomic E-state index is 6.09. The average molecular weight is 293 g/mol. The molecule has 0 radical (unpaired) electrons. The Labute approximate surface area is 131 Å². The van der Waals surface area contributed by atoms with Gasteiger partial charge >= 0.3 is 0 Å². The molecule has 2 N–H and O–H groups in total. The summed E-state index contributed by atoms with van der Waals surface area (Å²) in [7, 11) is 2.40. The smallest absolute Gasteiger partial charge is 0.0135 e. The Bertz CT molecular complexity index is 330. The minimum Gasteiger partial charge on any atom is -0.330 e. The molecule has 2 bridgehead atoms. The molecule has 122 valence electrons. The van der Waals surface area contributed by atoms with Crippen LogP contribution in [-0.4, -0.2) is 31.1 Å². The molecule has 0 amide bonds. The first-order chi connectivity index (χ1) is 10.2. The van der Waals surface area contributed by atoms with Gasteiger partial charge in [-0.1, -0.05) is 32.6 Å². The summed E-state index contributed by atoms with van der Waals surface area (Å²) in [6, 6.07) is 0.763. The van der Waals surface area contributed by atoms with Crippen molar-refractivity contribution in [1.82, 2.24) is 4.90 Å². The minimum absolute atomic E-state index is 0.752. The number of hydrogen-bond donors (Lipinski definition) is 1. The highest BCUT2D eigenvalue weighted by molar-refractivity contribution is 4.93. The van der Waals surface area contributed by atoms with Crippen LogP contribution >= 0.6 is 0 Å². The van der Waals surface area contributed by atoms with Crippen LogP contribution in [0.15, 0.2) is 0 Å². The second-order valence-electron chi connectivity index (χ2n) is 8.41. The minimum atomic E-state index is 0.752. The van der Waals surface area contributed by atoms with Crippen molar-refractivity contribution in [3.05, 3.63) is 0 Å². The predicted molar refractivity (Wildman–Crippen MR) is 90.1 cm³/mol. The summed E-state index contributed by atoms with van der Waals surface area (Å²) in [6.45, 7) is 4.58. The van der Waals surface area contributed by atoms with Gasteiger partial charge < -0.3 is 10.6 Å². The maximum Gasteiger partial charge on any atom is 0.0135 e. The third-order valence-electron chi connectivity index (χ3n) is 7.04. The van der Waals surface area contributed by atoms with Gasteiger partial charge in [-0.3, -0.25) is 0 Å². The molecule has 3 fully saturated rings. The van der Waals surface area contributed by atoms with Crippen molar-refractivity contribution >= 4 is 0 Å². The molecule has 0 saturated heterocycles. The molecule has 0 aromatic carbocycles. The monoisotopic (exact) mass is 292 g/mol. The number of rotatable bonds is 6. The van der Waals surface area contributed by atoms with Gasteiger partial charge in [-0.05, 0) is 75.3 Å². The van der Waals surface area contributed by atoms with Crippen LogP contribution in [0.2, 0.25) is 0 Å². The molecule has 6 unspecified atom stereocenters. The molecule has 6 atom stereocenters. The van der Waals surface area contributed by atoms with Gasteiger partial charge in [0.2, 0.25) is 0 Å². The van der Waals surface area contributed by atoms with E-state index in [2.05, 4.69) is 18.9 Å². The quantitative estimate of drug-likeness (QED) is 0.804. The number of nitrogens with zero attached hydrogens (tertiary/aromatic N) is 1. The van der Waals surface area contributed by atoms with E-state index in [1.807, 2.05) is 0 Å². The summed E-state index contributed by atoms with van der Waals surface area (Å²) >= 11 is 0. The van der Waals surface area contributed by atoms with E-state index in [4.69, 9.17) is 5.73 Å². The summed E-state index contributed by atoms with van der Waals surface area (Å²) in [5, 5.41) is 0. The topological polar surface area (TPSA) is 29.3 Å². The zero-order valence-corrected chi connectivity index (χ0v) is 14.3. The molecule has 3 rings (SSSR count). The molecular formula is C19H36N2. The van der Waals surface area contributed by atoms with Crippen LogP contribution in [0.5, 0.6) is 0 Å². The van der Waals surface area contributed by atoms with Gasteiger partial charge in [-0.2, -0.15) is 0 Å². The fourth-order valence-electron chi connectivity index (χ4n) is 5.88. The Hall–Kier alpha value is -0.0800.